The predicted octanol–water partition coefficient (Wildman–Crippen LogP) is 4.03. The zero-order valence-corrected chi connectivity index (χ0v) is 12.7. The normalized spacial score (nSPS) is 14.2. The van der Waals surface area contributed by atoms with Gasteiger partial charge in [-0.3, -0.25) is 9.89 Å². The fourth-order valence-electron chi connectivity index (χ4n) is 2.82. The number of nitrogens with one attached hydrogen (secondary N) is 2. The number of fused-ring (bicyclic) bond motifs is 1. The van der Waals surface area contributed by atoms with E-state index in [1.54, 1.807) is 6.07 Å². The number of amides is 1. The highest BCUT2D eigenvalue weighted by atomic mass is 19.1. The molecule has 4 nitrogen and oxygen atoms in total. The summed E-state index contributed by atoms with van der Waals surface area (Å²) in [7, 11) is 0. The highest BCUT2D eigenvalue weighted by Crippen LogP contribution is 2.33. The van der Waals surface area contributed by atoms with Gasteiger partial charge in [0, 0.05) is 22.6 Å². The second-order valence-corrected chi connectivity index (χ2v) is 6.06. The Morgan fingerprint density at radius 3 is 2.87 bits per heavy atom. The van der Waals surface area contributed by atoms with Crippen molar-refractivity contribution in [2.45, 2.75) is 19.8 Å². The lowest BCUT2D eigenvalue weighted by Gasteiger charge is -2.07. The standard InChI is InChI=1S/C18H16FN3O/c1-10-7-14(20-18(23)11-5-6-11)9-15-16(10)21-22-17(15)12-3-2-4-13(19)8-12/h2-4,7-9,11H,5-6H2,1H3,(H,20,23)(H,21,22). The molecule has 5 heteroatoms. The molecule has 0 unspecified atom stereocenters. The Kier molecular flexibility index (Phi) is 3.15. The Hall–Kier alpha value is -2.69. The lowest BCUT2D eigenvalue weighted by atomic mass is 10.0. The van der Waals surface area contributed by atoms with Crippen LogP contribution in [-0.4, -0.2) is 16.1 Å². The molecule has 3 aromatic rings. The van der Waals surface area contributed by atoms with Crippen LogP contribution in [-0.2, 0) is 4.79 Å². The molecule has 1 saturated carbocycles. The fraction of sp³-hybridized carbons (Fsp3) is 0.222. The van der Waals surface area contributed by atoms with Crippen molar-refractivity contribution in [1.82, 2.24) is 10.2 Å². The molecule has 0 spiro atoms. The van der Waals surface area contributed by atoms with Gasteiger partial charge in [0.25, 0.3) is 0 Å². The molecule has 1 aromatic heterocycles. The number of H-pyrrole nitrogens is 1. The van der Waals surface area contributed by atoms with Crippen LogP contribution in [0.25, 0.3) is 22.2 Å². The minimum atomic E-state index is -0.292. The molecule has 1 heterocycles. The molecule has 0 saturated heterocycles. The zero-order chi connectivity index (χ0) is 16.0. The van der Waals surface area contributed by atoms with Gasteiger partial charge in [-0.25, -0.2) is 4.39 Å². The van der Waals surface area contributed by atoms with Crippen molar-refractivity contribution in [3.05, 3.63) is 47.8 Å². The van der Waals surface area contributed by atoms with E-state index in [2.05, 4.69) is 15.5 Å². The van der Waals surface area contributed by atoms with E-state index in [9.17, 15) is 9.18 Å². The Balaban J connectivity index is 1.80. The second kappa shape index (κ2) is 5.19. The quantitative estimate of drug-likeness (QED) is 0.767. The minimum Gasteiger partial charge on any atom is -0.326 e. The van der Waals surface area contributed by atoms with Crippen LogP contribution in [0.15, 0.2) is 36.4 Å². The van der Waals surface area contributed by atoms with Crippen molar-refractivity contribution >= 4 is 22.5 Å². The largest absolute Gasteiger partial charge is 0.326 e. The van der Waals surface area contributed by atoms with Gasteiger partial charge in [0.2, 0.25) is 5.91 Å². The summed E-state index contributed by atoms with van der Waals surface area (Å²) in [5.41, 5.74) is 4.04. The molecule has 1 amide bonds. The van der Waals surface area contributed by atoms with Gasteiger partial charge in [-0.15, -0.1) is 0 Å². The molecular weight excluding hydrogens is 293 g/mol. The molecule has 0 atom stereocenters. The molecule has 116 valence electrons. The Labute approximate surface area is 132 Å². The first-order valence-corrected chi connectivity index (χ1v) is 7.67. The maximum Gasteiger partial charge on any atom is 0.227 e. The number of hydrogen-bond acceptors (Lipinski definition) is 2. The number of anilines is 1. The molecular formula is C18H16FN3O. The molecule has 0 radical (unpaired) electrons. The van der Waals surface area contributed by atoms with Gasteiger partial charge in [0.15, 0.2) is 0 Å². The van der Waals surface area contributed by atoms with E-state index < -0.39 is 0 Å². The predicted molar refractivity (Wildman–Crippen MR) is 87.6 cm³/mol. The number of aryl methyl sites for hydroxylation is 1. The second-order valence-electron chi connectivity index (χ2n) is 6.06. The van der Waals surface area contributed by atoms with Crippen molar-refractivity contribution in [2.75, 3.05) is 5.32 Å². The van der Waals surface area contributed by atoms with E-state index in [1.807, 2.05) is 25.1 Å². The highest BCUT2D eigenvalue weighted by Gasteiger charge is 2.29. The smallest absolute Gasteiger partial charge is 0.227 e. The third kappa shape index (κ3) is 2.59. The summed E-state index contributed by atoms with van der Waals surface area (Å²) >= 11 is 0. The van der Waals surface area contributed by atoms with E-state index in [0.717, 1.165) is 46.3 Å². The maximum atomic E-state index is 13.5. The summed E-state index contributed by atoms with van der Waals surface area (Å²) in [5, 5.41) is 11.2. The van der Waals surface area contributed by atoms with Gasteiger partial charge < -0.3 is 5.32 Å². The van der Waals surface area contributed by atoms with E-state index >= 15 is 0 Å². The van der Waals surface area contributed by atoms with Gasteiger partial charge >= 0.3 is 0 Å². The third-order valence-electron chi connectivity index (χ3n) is 4.18. The number of carbonyl (C=O) groups excluding carboxylic acids is 1. The van der Waals surface area contributed by atoms with Crippen LogP contribution < -0.4 is 5.32 Å². The van der Waals surface area contributed by atoms with Crippen LogP contribution in [0.5, 0.6) is 0 Å². The monoisotopic (exact) mass is 309 g/mol. The van der Waals surface area contributed by atoms with Gasteiger partial charge in [-0.2, -0.15) is 5.10 Å². The Bertz CT molecular complexity index is 912. The molecule has 1 fully saturated rings. The van der Waals surface area contributed by atoms with E-state index in [0.29, 0.717) is 0 Å². The Morgan fingerprint density at radius 1 is 1.30 bits per heavy atom. The first kappa shape index (κ1) is 13.9. The highest BCUT2D eigenvalue weighted by molar-refractivity contribution is 6.00. The molecule has 0 aliphatic heterocycles. The van der Waals surface area contributed by atoms with Crippen molar-refractivity contribution in [2.24, 2.45) is 5.92 Å². The van der Waals surface area contributed by atoms with E-state index in [-0.39, 0.29) is 17.6 Å². The molecule has 0 bridgehead atoms. The molecule has 2 aromatic carbocycles. The van der Waals surface area contributed by atoms with Gasteiger partial charge in [0.05, 0.1) is 11.2 Å². The molecule has 2 N–H and O–H groups in total. The summed E-state index contributed by atoms with van der Waals surface area (Å²) < 4.78 is 13.5. The van der Waals surface area contributed by atoms with Crippen LogP contribution in [0.1, 0.15) is 18.4 Å². The number of halogens is 1. The first-order valence-electron chi connectivity index (χ1n) is 7.67. The number of rotatable bonds is 3. The van der Waals surface area contributed by atoms with Crippen LogP contribution in [0.3, 0.4) is 0 Å². The number of nitrogens with zero attached hydrogens (tertiary/aromatic N) is 1. The molecule has 1 aliphatic rings. The van der Waals surface area contributed by atoms with Crippen LogP contribution >= 0.6 is 0 Å². The summed E-state index contributed by atoms with van der Waals surface area (Å²) in [6.07, 6.45) is 1.93. The fourth-order valence-corrected chi connectivity index (χ4v) is 2.82. The Morgan fingerprint density at radius 2 is 2.13 bits per heavy atom. The van der Waals surface area contributed by atoms with Crippen LogP contribution in [0, 0.1) is 18.7 Å². The average molecular weight is 309 g/mol. The molecule has 23 heavy (non-hydrogen) atoms. The first-order chi connectivity index (χ1) is 11.1. The van der Waals surface area contributed by atoms with Crippen LogP contribution in [0.2, 0.25) is 0 Å². The van der Waals surface area contributed by atoms with Gasteiger partial charge in [-0.1, -0.05) is 12.1 Å². The summed E-state index contributed by atoms with van der Waals surface area (Å²) in [5.74, 6) is -0.0715. The van der Waals surface area contributed by atoms with Crippen molar-refractivity contribution in [3.8, 4) is 11.3 Å². The molecule has 4 rings (SSSR count). The van der Waals surface area contributed by atoms with Crippen LogP contribution in [0.4, 0.5) is 10.1 Å². The lowest BCUT2D eigenvalue weighted by molar-refractivity contribution is -0.117. The number of aromatic nitrogens is 2. The number of aromatic amines is 1. The SMILES string of the molecule is Cc1cc(NC(=O)C2CC2)cc2c(-c3cccc(F)c3)[nH]nc12. The topological polar surface area (TPSA) is 57.8 Å². The summed E-state index contributed by atoms with van der Waals surface area (Å²) in [6.45, 7) is 1.95. The number of carbonyl (C=O) groups is 1. The van der Waals surface area contributed by atoms with Crippen molar-refractivity contribution < 1.29 is 9.18 Å². The lowest BCUT2D eigenvalue weighted by Crippen LogP contribution is -2.13. The van der Waals surface area contributed by atoms with Gasteiger partial charge in [-0.05, 0) is 49.6 Å². The minimum absolute atomic E-state index is 0.0690. The third-order valence-corrected chi connectivity index (χ3v) is 4.18. The van der Waals surface area contributed by atoms with Gasteiger partial charge in [0.1, 0.15) is 5.82 Å². The maximum absolute atomic E-state index is 13.5. The van der Waals surface area contributed by atoms with Crippen molar-refractivity contribution in [3.63, 3.8) is 0 Å². The number of hydrogen-bond donors (Lipinski definition) is 2. The van der Waals surface area contributed by atoms with E-state index in [1.165, 1.54) is 12.1 Å². The average Bonchev–Trinajstić information content (AvgIpc) is 3.28. The summed E-state index contributed by atoms with van der Waals surface area (Å²) in [4.78, 5) is 12.0. The zero-order valence-electron chi connectivity index (χ0n) is 12.7. The molecule has 1 aliphatic carbocycles. The number of benzene rings is 2. The van der Waals surface area contributed by atoms with E-state index in [4.69, 9.17) is 0 Å². The summed E-state index contributed by atoms with van der Waals surface area (Å²) in [6, 6.07) is 10.2. The van der Waals surface area contributed by atoms with Crippen molar-refractivity contribution in [1.29, 1.82) is 0 Å².